The number of amides is 1. The van der Waals surface area contributed by atoms with Crippen LogP contribution < -0.4 is 4.90 Å². The molecule has 3 rings (SSSR count). The van der Waals surface area contributed by atoms with Crippen molar-refractivity contribution < 1.29 is 13.9 Å². The predicted molar refractivity (Wildman–Crippen MR) is 101 cm³/mol. The third-order valence-electron chi connectivity index (χ3n) is 4.85. The fourth-order valence-electron chi connectivity index (χ4n) is 3.51. The van der Waals surface area contributed by atoms with Gasteiger partial charge in [-0.05, 0) is 43.2 Å². The van der Waals surface area contributed by atoms with Crippen molar-refractivity contribution in [1.82, 2.24) is 4.90 Å². The molecule has 0 spiro atoms. The molecule has 0 aromatic heterocycles. The maximum Gasteiger partial charge on any atom is 0.248 e. The average molecular weight is 356 g/mol. The van der Waals surface area contributed by atoms with E-state index in [0.29, 0.717) is 31.9 Å². The summed E-state index contributed by atoms with van der Waals surface area (Å²) in [5.74, 6) is -0.396. The number of nitrogens with zero attached hydrogens (tertiary/aromatic N) is 2. The second kappa shape index (κ2) is 7.98. The molecule has 1 unspecified atom stereocenters. The molecule has 2 aromatic carbocycles. The highest BCUT2D eigenvalue weighted by molar-refractivity contribution is 5.98. The van der Waals surface area contributed by atoms with E-state index in [1.165, 1.54) is 12.1 Å². The van der Waals surface area contributed by atoms with Gasteiger partial charge in [0.15, 0.2) is 0 Å². The van der Waals surface area contributed by atoms with Gasteiger partial charge in [0.05, 0.1) is 13.2 Å². The van der Waals surface area contributed by atoms with Crippen LogP contribution in [0, 0.1) is 19.7 Å². The summed E-state index contributed by atoms with van der Waals surface area (Å²) in [4.78, 5) is 17.2. The van der Waals surface area contributed by atoms with Crippen LogP contribution in [0.25, 0.3) is 0 Å². The fraction of sp³-hybridized carbons (Fsp3) is 0.381. The number of rotatable bonds is 4. The molecule has 1 saturated heterocycles. The molecule has 0 aliphatic carbocycles. The van der Waals surface area contributed by atoms with E-state index in [4.69, 9.17) is 4.74 Å². The minimum absolute atomic E-state index is 0.0653. The van der Waals surface area contributed by atoms with Crippen LogP contribution in [-0.2, 0) is 9.53 Å². The Kier molecular flexibility index (Phi) is 5.69. The number of hydrogen-bond donors (Lipinski definition) is 0. The average Bonchev–Trinajstić information content (AvgIpc) is 2.62. The first-order valence-electron chi connectivity index (χ1n) is 8.89. The lowest BCUT2D eigenvalue weighted by Gasteiger charge is -2.36. The van der Waals surface area contributed by atoms with Crippen molar-refractivity contribution in [2.24, 2.45) is 0 Å². The van der Waals surface area contributed by atoms with Gasteiger partial charge >= 0.3 is 0 Å². The minimum atomic E-state index is -0.527. The number of benzene rings is 2. The van der Waals surface area contributed by atoms with E-state index in [9.17, 15) is 9.18 Å². The van der Waals surface area contributed by atoms with Gasteiger partial charge in [0.1, 0.15) is 11.9 Å². The summed E-state index contributed by atoms with van der Waals surface area (Å²) in [6.07, 6.45) is 0. The van der Waals surface area contributed by atoms with Crippen molar-refractivity contribution in [2.45, 2.75) is 19.9 Å². The van der Waals surface area contributed by atoms with E-state index < -0.39 is 6.04 Å². The van der Waals surface area contributed by atoms with E-state index in [1.807, 2.05) is 32.0 Å². The summed E-state index contributed by atoms with van der Waals surface area (Å²) in [5, 5.41) is 0. The third-order valence-corrected chi connectivity index (χ3v) is 4.85. The Hall–Kier alpha value is -2.24. The molecule has 1 amide bonds. The van der Waals surface area contributed by atoms with Crippen LogP contribution >= 0.6 is 0 Å². The van der Waals surface area contributed by atoms with Crippen LogP contribution in [-0.4, -0.2) is 44.2 Å². The Bertz CT molecular complexity index is 787. The summed E-state index contributed by atoms with van der Waals surface area (Å²) in [7, 11) is 1.78. The number of likely N-dealkylation sites (N-methyl/N-ethyl adjacent to an activating group) is 1. The van der Waals surface area contributed by atoms with E-state index in [2.05, 4.69) is 11.0 Å². The first kappa shape index (κ1) is 18.5. The lowest BCUT2D eigenvalue weighted by molar-refractivity contribution is -0.125. The Labute approximate surface area is 154 Å². The zero-order valence-corrected chi connectivity index (χ0v) is 15.5. The van der Waals surface area contributed by atoms with Crippen molar-refractivity contribution >= 4 is 11.6 Å². The first-order valence-corrected chi connectivity index (χ1v) is 8.89. The molecule has 1 aliphatic heterocycles. The van der Waals surface area contributed by atoms with E-state index in [-0.39, 0.29) is 11.7 Å². The molecule has 1 fully saturated rings. The highest BCUT2D eigenvalue weighted by Crippen LogP contribution is 2.28. The largest absolute Gasteiger partial charge is 0.379 e. The van der Waals surface area contributed by atoms with Crippen molar-refractivity contribution in [2.75, 3.05) is 38.3 Å². The summed E-state index contributed by atoms with van der Waals surface area (Å²) < 4.78 is 19.2. The van der Waals surface area contributed by atoms with Crippen molar-refractivity contribution in [1.29, 1.82) is 0 Å². The Balaban J connectivity index is 1.96. The van der Waals surface area contributed by atoms with Gasteiger partial charge in [0.2, 0.25) is 5.91 Å². The molecule has 2 aromatic rings. The number of carbonyl (C=O) groups excluding carboxylic acids is 1. The number of morpholine rings is 1. The summed E-state index contributed by atoms with van der Waals surface area (Å²) in [6, 6.07) is 11.8. The molecular weight excluding hydrogens is 331 g/mol. The number of hydrogen-bond acceptors (Lipinski definition) is 3. The molecular formula is C21H25FN2O2. The number of aryl methyl sites for hydroxylation is 2. The summed E-state index contributed by atoms with van der Waals surface area (Å²) in [6.45, 7) is 6.47. The maximum absolute atomic E-state index is 13.8. The Morgan fingerprint density at radius 1 is 1.15 bits per heavy atom. The van der Waals surface area contributed by atoms with Crippen molar-refractivity contribution in [3.05, 3.63) is 65.0 Å². The van der Waals surface area contributed by atoms with Crippen LogP contribution in [0.5, 0.6) is 0 Å². The number of halogens is 1. The van der Waals surface area contributed by atoms with Crippen LogP contribution in [0.3, 0.4) is 0 Å². The van der Waals surface area contributed by atoms with Gasteiger partial charge in [-0.15, -0.1) is 0 Å². The standard InChI is InChI=1S/C21H25FN2O2/c1-15-7-8-19(16(2)13-15)23(3)21(25)20(24-9-11-26-12-10-24)17-5-4-6-18(22)14-17/h4-8,13-14,20H,9-12H2,1-3H3. The van der Waals surface area contributed by atoms with E-state index >= 15 is 0 Å². The monoisotopic (exact) mass is 356 g/mol. The van der Waals surface area contributed by atoms with Gasteiger partial charge in [0, 0.05) is 25.8 Å². The van der Waals surface area contributed by atoms with Crippen molar-refractivity contribution in [3.63, 3.8) is 0 Å². The summed E-state index contributed by atoms with van der Waals surface area (Å²) in [5.41, 5.74) is 3.74. The third kappa shape index (κ3) is 3.94. The SMILES string of the molecule is Cc1ccc(N(C)C(=O)C(c2cccc(F)c2)N2CCOCC2)c(C)c1. The molecule has 1 heterocycles. The zero-order chi connectivity index (χ0) is 18.7. The lowest BCUT2D eigenvalue weighted by Crippen LogP contribution is -2.46. The van der Waals surface area contributed by atoms with Crippen LogP contribution in [0.1, 0.15) is 22.7 Å². The number of ether oxygens (including phenoxy) is 1. The lowest BCUT2D eigenvalue weighted by atomic mass is 10.0. The molecule has 26 heavy (non-hydrogen) atoms. The molecule has 0 bridgehead atoms. The van der Waals surface area contributed by atoms with Gasteiger partial charge in [-0.25, -0.2) is 4.39 Å². The number of anilines is 1. The number of carbonyl (C=O) groups is 1. The minimum Gasteiger partial charge on any atom is -0.379 e. The first-order chi connectivity index (χ1) is 12.5. The van der Waals surface area contributed by atoms with E-state index in [0.717, 1.165) is 16.8 Å². The molecule has 4 nitrogen and oxygen atoms in total. The van der Waals surface area contributed by atoms with Gasteiger partial charge in [-0.3, -0.25) is 9.69 Å². The van der Waals surface area contributed by atoms with Gasteiger partial charge < -0.3 is 9.64 Å². The molecule has 1 aliphatic rings. The zero-order valence-electron chi connectivity index (χ0n) is 15.5. The van der Waals surface area contributed by atoms with E-state index in [1.54, 1.807) is 18.0 Å². The van der Waals surface area contributed by atoms with Gasteiger partial charge in [0.25, 0.3) is 0 Å². The quantitative estimate of drug-likeness (QED) is 0.841. The predicted octanol–water partition coefficient (Wildman–Crippen LogP) is 3.48. The Morgan fingerprint density at radius 2 is 1.88 bits per heavy atom. The van der Waals surface area contributed by atoms with Crippen LogP contribution in [0.15, 0.2) is 42.5 Å². The van der Waals surface area contributed by atoms with Crippen LogP contribution in [0.2, 0.25) is 0 Å². The summed E-state index contributed by atoms with van der Waals surface area (Å²) >= 11 is 0. The second-order valence-electron chi connectivity index (χ2n) is 6.79. The molecule has 138 valence electrons. The highest BCUT2D eigenvalue weighted by Gasteiger charge is 2.32. The highest BCUT2D eigenvalue weighted by atomic mass is 19.1. The topological polar surface area (TPSA) is 32.8 Å². The van der Waals surface area contributed by atoms with Gasteiger partial charge in [-0.2, -0.15) is 0 Å². The second-order valence-corrected chi connectivity index (χ2v) is 6.79. The Morgan fingerprint density at radius 3 is 2.54 bits per heavy atom. The normalized spacial score (nSPS) is 16.3. The smallest absolute Gasteiger partial charge is 0.248 e. The maximum atomic E-state index is 13.8. The fourth-order valence-corrected chi connectivity index (χ4v) is 3.51. The van der Waals surface area contributed by atoms with Crippen LogP contribution in [0.4, 0.5) is 10.1 Å². The van der Waals surface area contributed by atoms with Crippen molar-refractivity contribution in [3.8, 4) is 0 Å². The molecule has 0 N–H and O–H groups in total. The molecule has 0 radical (unpaired) electrons. The molecule has 1 atom stereocenters. The van der Waals surface area contributed by atoms with Gasteiger partial charge in [-0.1, -0.05) is 29.8 Å². The molecule has 5 heteroatoms. The molecule has 0 saturated carbocycles.